The zero-order valence-corrected chi connectivity index (χ0v) is 11.0. The van der Waals surface area contributed by atoms with Gasteiger partial charge in [0.15, 0.2) is 0 Å². The molecule has 0 aliphatic heterocycles. The van der Waals surface area contributed by atoms with E-state index in [2.05, 4.69) is 24.8 Å². The Morgan fingerprint density at radius 3 is 2.71 bits per heavy atom. The summed E-state index contributed by atoms with van der Waals surface area (Å²) in [6, 6.07) is 8.11. The highest BCUT2D eigenvalue weighted by atomic mass is 35.5. The first kappa shape index (κ1) is 13.8. The molecule has 0 fully saturated rings. The van der Waals surface area contributed by atoms with Crippen LogP contribution in [0.2, 0.25) is 5.02 Å². The molecule has 0 aliphatic rings. The highest BCUT2D eigenvalue weighted by Crippen LogP contribution is 2.20. The van der Waals surface area contributed by atoms with E-state index < -0.39 is 0 Å². The first-order valence-electron chi connectivity index (χ1n) is 5.69. The van der Waals surface area contributed by atoms with Gasteiger partial charge in [-0.15, -0.1) is 0 Å². The normalized spacial score (nSPS) is 10.8. The average Bonchev–Trinajstić information content (AvgIpc) is 2.26. The summed E-state index contributed by atoms with van der Waals surface area (Å²) in [7, 11) is 0. The third kappa shape index (κ3) is 4.26. The Balaban J connectivity index is 2.75. The van der Waals surface area contributed by atoms with E-state index in [1.165, 1.54) is 0 Å². The molecule has 0 amide bonds. The van der Waals surface area contributed by atoms with Crippen LogP contribution in [0.5, 0.6) is 0 Å². The number of rotatable bonds is 5. The number of halogens is 1. The number of nitrogen functional groups attached to an aromatic ring is 1. The van der Waals surface area contributed by atoms with Crippen LogP contribution >= 0.6 is 11.6 Å². The summed E-state index contributed by atoms with van der Waals surface area (Å²) >= 11 is 5.86. The molecule has 1 aromatic carbocycles. The second kappa shape index (κ2) is 6.48. The van der Waals surface area contributed by atoms with Crippen LogP contribution in [0.15, 0.2) is 18.2 Å². The third-order valence-electron chi connectivity index (χ3n) is 2.72. The number of anilines is 1. The van der Waals surface area contributed by atoms with E-state index in [1.807, 2.05) is 12.1 Å². The second-order valence-electron chi connectivity index (χ2n) is 4.32. The van der Waals surface area contributed by atoms with Crippen LogP contribution in [0, 0.1) is 11.3 Å². The lowest BCUT2D eigenvalue weighted by Gasteiger charge is -2.26. The molecule has 17 heavy (non-hydrogen) atoms. The lowest BCUT2D eigenvalue weighted by molar-refractivity contribution is 0.218. The fourth-order valence-corrected chi connectivity index (χ4v) is 1.82. The van der Waals surface area contributed by atoms with Gasteiger partial charge in [-0.2, -0.15) is 5.26 Å². The third-order valence-corrected chi connectivity index (χ3v) is 2.96. The highest BCUT2D eigenvalue weighted by molar-refractivity contribution is 6.30. The molecule has 92 valence electrons. The van der Waals surface area contributed by atoms with Crippen molar-refractivity contribution in [2.24, 2.45) is 0 Å². The van der Waals surface area contributed by atoms with Gasteiger partial charge in [0.05, 0.1) is 6.07 Å². The van der Waals surface area contributed by atoms with Gasteiger partial charge in [0.1, 0.15) is 0 Å². The van der Waals surface area contributed by atoms with Crippen LogP contribution in [0.4, 0.5) is 5.69 Å². The first-order chi connectivity index (χ1) is 8.04. The molecule has 0 atom stereocenters. The van der Waals surface area contributed by atoms with E-state index in [9.17, 15) is 0 Å². The summed E-state index contributed by atoms with van der Waals surface area (Å²) in [6.07, 6.45) is 0.533. The van der Waals surface area contributed by atoms with Gasteiger partial charge in [0.25, 0.3) is 0 Å². The number of nitriles is 1. The van der Waals surface area contributed by atoms with E-state index in [0.717, 1.165) is 18.7 Å². The Morgan fingerprint density at radius 2 is 2.18 bits per heavy atom. The maximum Gasteiger partial charge on any atom is 0.0635 e. The van der Waals surface area contributed by atoms with Crippen molar-refractivity contribution >= 4 is 17.3 Å². The standard InChI is InChI=1S/C13H18ClN3/c1-10(2)17(7-3-6-15)9-11-4-5-12(14)8-13(11)16/h4-5,8,10H,3,7,9,16H2,1-2H3. The molecule has 0 saturated heterocycles. The van der Waals surface area contributed by atoms with E-state index in [0.29, 0.717) is 23.2 Å². The molecule has 0 aromatic heterocycles. The Morgan fingerprint density at radius 1 is 1.47 bits per heavy atom. The summed E-state index contributed by atoms with van der Waals surface area (Å²) in [5.74, 6) is 0. The Hall–Kier alpha value is -1.24. The zero-order valence-electron chi connectivity index (χ0n) is 10.3. The molecule has 0 radical (unpaired) electrons. The number of hydrogen-bond donors (Lipinski definition) is 1. The van der Waals surface area contributed by atoms with Gasteiger partial charge in [-0.05, 0) is 31.5 Å². The Kier molecular flexibility index (Phi) is 5.27. The Bertz CT molecular complexity index is 410. The Labute approximate surface area is 108 Å². The van der Waals surface area contributed by atoms with E-state index in [-0.39, 0.29) is 0 Å². The van der Waals surface area contributed by atoms with Crippen molar-refractivity contribution in [1.82, 2.24) is 4.90 Å². The molecule has 0 bridgehead atoms. The van der Waals surface area contributed by atoms with Gasteiger partial charge in [0.2, 0.25) is 0 Å². The van der Waals surface area contributed by atoms with Crippen LogP contribution in [0.1, 0.15) is 25.8 Å². The fourth-order valence-electron chi connectivity index (χ4n) is 1.64. The monoisotopic (exact) mass is 251 g/mol. The molecular weight excluding hydrogens is 234 g/mol. The van der Waals surface area contributed by atoms with Crippen molar-refractivity contribution in [3.8, 4) is 6.07 Å². The van der Waals surface area contributed by atoms with Crippen molar-refractivity contribution in [3.63, 3.8) is 0 Å². The largest absolute Gasteiger partial charge is 0.398 e. The maximum atomic E-state index is 8.64. The van der Waals surface area contributed by atoms with Gasteiger partial charge in [0, 0.05) is 36.3 Å². The number of nitrogens with zero attached hydrogens (tertiary/aromatic N) is 2. The minimum Gasteiger partial charge on any atom is -0.398 e. The van der Waals surface area contributed by atoms with Crippen molar-refractivity contribution in [3.05, 3.63) is 28.8 Å². The van der Waals surface area contributed by atoms with Crippen LogP contribution in [-0.2, 0) is 6.54 Å². The fraction of sp³-hybridized carbons (Fsp3) is 0.462. The average molecular weight is 252 g/mol. The van der Waals surface area contributed by atoms with Crippen LogP contribution in [0.3, 0.4) is 0 Å². The van der Waals surface area contributed by atoms with Gasteiger partial charge in [-0.3, -0.25) is 4.90 Å². The van der Waals surface area contributed by atoms with Gasteiger partial charge >= 0.3 is 0 Å². The smallest absolute Gasteiger partial charge is 0.0635 e. The molecule has 0 heterocycles. The summed E-state index contributed by atoms with van der Waals surface area (Å²) in [4.78, 5) is 2.23. The summed E-state index contributed by atoms with van der Waals surface area (Å²) in [6.45, 7) is 5.74. The van der Waals surface area contributed by atoms with Crippen molar-refractivity contribution in [2.75, 3.05) is 12.3 Å². The van der Waals surface area contributed by atoms with E-state index in [4.69, 9.17) is 22.6 Å². The predicted octanol–water partition coefficient (Wildman–Crippen LogP) is 3.05. The predicted molar refractivity (Wildman–Crippen MR) is 71.6 cm³/mol. The maximum absolute atomic E-state index is 8.64. The second-order valence-corrected chi connectivity index (χ2v) is 4.75. The number of nitrogens with two attached hydrogens (primary N) is 1. The van der Waals surface area contributed by atoms with Crippen LogP contribution in [0.25, 0.3) is 0 Å². The summed E-state index contributed by atoms with van der Waals surface area (Å²) in [5.41, 5.74) is 7.69. The molecule has 3 nitrogen and oxygen atoms in total. The first-order valence-corrected chi connectivity index (χ1v) is 6.07. The molecular formula is C13H18ClN3. The molecule has 1 rings (SSSR count). The van der Waals surface area contributed by atoms with Crippen molar-refractivity contribution in [2.45, 2.75) is 32.9 Å². The molecule has 2 N–H and O–H groups in total. The highest BCUT2D eigenvalue weighted by Gasteiger charge is 2.11. The molecule has 4 heteroatoms. The van der Waals surface area contributed by atoms with Gasteiger partial charge < -0.3 is 5.73 Å². The van der Waals surface area contributed by atoms with Crippen LogP contribution < -0.4 is 5.73 Å². The molecule has 0 spiro atoms. The SMILES string of the molecule is CC(C)N(CCC#N)Cc1ccc(Cl)cc1N. The van der Waals surface area contributed by atoms with Crippen molar-refractivity contribution < 1.29 is 0 Å². The quantitative estimate of drug-likeness (QED) is 0.819. The minimum atomic E-state index is 0.387. The lowest BCUT2D eigenvalue weighted by atomic mass is 10.1. The van der Waals surface area contributed by atoms with E-state index in [1.54, 1.807) is 6.07 Å². The topological polar surface area (TPSA) is 53.0 Å². The summed E-state index contributed by atoms with van der Waals surface area (Å²) in [5, 5.41) is 9.29. The van der Waals surface area contributed by atoms with Crippen LogP contribution in [-0.4, -0.2) is 17.5 Å². The summed E-state index contributed by atoms with van der Waals surface area (Å²) < 4.78 is 0. The van der Waals surface area contributed by atoms with Gasteiger partial charge in [-0.25, -0.2) is 0 Å². The minimum absolute atomic E-state index is 0.387. The molecule has 0 saturated carbocycles. The molecule has 0 unspecified atom stereocenters. The molecule has 0 aliphatic carbocycles. The number of hydrogen-bond acceptors (Lipinski definition) is 3. The molecule has 1 aromatic rings. The van der Waals surface area contributed by atoms with Gasteiger partial charge in [-0.1, -0.05) is 17.7 Å². The van der Waals surface area contributed by atoms with E-state index >= 15 is 0 Å². The zero-order chi connectivity index (χ0) is 12.8. The lowest BCUT2D eigenvalue weighted by Crippen LogP contribution is -2.31. The van der Waals surface area contributed by atoms with Crippen molar-refractivity contribution in [1.29, 1.82) is 5.26 Å². The number of benzene rings is 1.